The normalized spacial score (nSPS) is 24.3. The van der Waals surface area contributed by atoms with Crippen LogP contribution in [0.25, 0.3) is 0 Å². The maximum atomic E-state index is 9.48. The van der Waals surface area contributed by atoms with Crippen molar-refractivity contribution in [3.8, 4) is 5.75 Å². The van der Waals surface area contributed by atoms with Crippen LogP contribution in [-0.4, -0.2) is 58.8 Å². The van der Waals surface area contributed by atoms with E-state index in [4.69, 9.17) is 0 Å². The Morgan fingerprint density at radius 3 is 2.46 bits per heavy atom. The fourth-order valence-corrected chi connectivity index (χ4v) is 4.33. The topological polar surface area (TPSA) is 46.9 Å². The van der Waals surface area contributed by atoms with Gasteiger partial charge in [-0.3, -0.25) is 9.80 Å². The molecule has 1 saturated heterocycles. The molecule has 1 aromatic rings. The highest BCUT2D eigenvalue weighted by atomic mass is 16.3. The summed E-state index contributed by atoms with van der Waals surface area (Å²) in [6.07, 6.45) is 7.86. The molecule has 3 rings (SSSR count). The molecule has 134 valence electrons. The summed E-state index contributed by atoms with van der Waals surface area (Å²) in [5.41, 5.74) is 1.25. The van der Waals surface area contributed by atoms with Gasteiger partial charge in [-0.25, -0.2) is 0 Å². The summed E-state index contributed by atoms with van der Waals surface area (Å²) in [7, 11) is 0. The molecule has 0 spiro atoms. The predicted molar refractivity (Wildman–Crippen MR) is 97.0 cm³/mol. The van der Waals surface area contributed by atoms with E-state index in [0.717, 1.165) is 38.5 Å². The Balaban J connectivity index is 1.54. The number of aliphatic hydroxyl groups excluding tert-OH is 1. The van der Waals surface area contributed by atoms with Gasteiger partial charge in [-0.05, 0) is 42.9 Å². The van der Waals surface area contributed by atoms with Gasteiger partial charge >= 0.3 is 0 Å². The Labute approximate surface area is 146 Å². The average molecular weight is 332 g/mol. The van der Waals surface area contributed by atoms with Gasteiger partial charge in [-0.15, -0.1) is 0 Å². The minimum Gasteiger partial charge on any atom is -0.508 e. The maximum absolute atomic E-state index is 9.48. The number of phenols is 1. The van der Waals surface area contributed by atoms with Crippen molar-refractivity contribution in [1.82, 2.24) is 9.80 Å². The van der Waals surface area contributed by atoms with Crippen LogP contribution in [-0.2, 0) is 6.54 Å². The molecule has 1 heterocycles. The van der Waals surface area contributed by atoms with E-state index in [2.05, 4.69) is 9.80 Å². The van der Waals surface area contributed by atoms with E-state index in [-0.39, 0.29) is 6.61 Å². The molecule has 2 N–H and O–H groups in total. The number of benzene rings is 1. The van der Waals surface area contributed by atoms with Gasteiger partial charge in [-0.2, -0.15) is 0 Å². The minimum absolute atomic E-state index is 0.277. The zero-order valence-electron chi connectivity index (χ0n) is 14.7. The minimum atomic E-state index is 0.277. The zero-order chi connectivity index (χ0) is 16.8. The molecule has 2 aliphatic rings. The van der Waals surface area contributed by atoms with E-state index in [0.29, 0.717) is 11.8 Å². The van der Waals surface area contributed by atoms with Gasteiger partial charge in [0.1, 0.15) is 5.75 Å². The van der Waals surface area contributed by atoms with Crippen molar-refractivity contribution in [2.45, 2.75) is 51.1 Å². The van der Waals surface area contributed by atoms with E-state index in [1.54, 1.807) is 12.1 Å². The number of hydrogen-bond donors (Lipinski definition) is 2. The highest BCUT2D eigenvalue weighted by Gasteiger charge is 2.28. The fourth-order valence-electron chi connectivity index (χ4n) is 4.33. The summed E-state index contributed by atoms with van der Waals surface area (Å²) in [5, 5.41) is 18.9. The second kappa shape index (κ2) is 8.84. The van der Waals surface area contributed by atoms with Crippen LogP contribution in [0.4, 0.5) is 0 Å². The lowest BCUT2D eigenvalue weighted by Crippen LogP contribution is -2.54. The molecular weight excluding hydrogens is 300 g/mol. The van der Waals surface area contributed by atoms with Gasteiger partial charge in [0.15, 0.2) is 0 Å². The van der Waals surface area contributed by atoms with E-state index in [1.165, 1.54) is 44.2 Å². The van der Waals surface area contributed by atoms with Gasteiger partial charge in [0.05, 0.1) is 0 Å². The van der Waals surface area contributed by atoms with Crippen LogP contribution in [0.5, 0.6) is 5.75 Å². The fraction of sp³-hybridized carbons (Fsp3) is 0.700. The van der Waals surface area contributed by atoms with Crippen molar-refractivity contribution in [2.24, 2.45) is 5.92 Å². The molecule has 1 aromatic carbocycles. The third kappa shape index (κ3) is 4.95. The lowest BCUT2D eigenvalue weighted by molar-refractivity contribution is 0.0400. The Hall–Kier alpha value is -1.10. The molecule has 4 heteroatoms. The Morgan fingerprint density at radius 2 is 1.75 bits per heavy atom. The second-order valence-corrected chi connectivity index (χ2v) is 7.57. The summed E-state index contributed by atoms with van der Waals surface area (Å²) in [6.45, 7) is 5.67. The van der Waals surface area contributed by atoms with Crippen LogP contribution in [0.1, 0.15) is 44.1 Å². The SMILES string of the molecule is OCCC1CN(Cc2ccc(O)cc2)CCN1CC1CCCCC1. The molecule has 1 unspecified atom stereocenters. The van der Waals surface area contributed by atoms with E-state index in [9.17, 15) is 10.2 Å². The van der Waals surface area contributed by atoms with Gasteiger partial charge in [0, 0.05) is 45.4 Å². The van der Waals surface area contributed by atoms with Crippen molar-refractivity contribution in [3.05, 3.63) is 29.8 Å². The first-order chi connectivity index (χ1) is 11.7. The summed E-state index contributed by atoms with van der Waals surface area (Å²) in [4.78, 5) is 5.13. The van der Waals surface area contributed by atoms with Gasteiger partial charge in [0.2, 0.25) is 0 Å². The second-order valence-electron chi connectivity index (χ2n) is 7.57. The van der Waals surface area contributed by atoms with Crippen molar-refractivity contribution < 1.29 is 10.2 Å². The molecule has 1 saturated carbocycles. The van der Waals surface area contributed by atoms with Crippen LogP contribution in [0.2, 0.25) is 0 Å². The molecule has 1 aliphatic carbocycles. The van der Waals surface area contributed by atoms with Crippen molar-refractivity contribution in [3.63, 3.8) is 0 Å². The van der Waals surface area contributed by atoms with Crippen molar-refractivity contribution in [2.75, 3.05) is 32.8 Å². The van der Waals surface area contributed by atoms with Crippen LogP contribution < -0.4 is 0 Å². The molecule has 4 nitrogen and oxygen atoms in total. The van der Waals surface area contributed by atoms with Crippen LogP contribution in [0.3, 0.4) is 0 Å². The quantitative estimate of drug-likeness (QED) is 0.841. The van der Waals surface area contributed by atoms with Crippen LogP contribution >= 0.6 is 0 Å². The third-order valence-corrected chi connectivity index (χ3v) is 5.71. The Bertz CT molecular complexity index is 485. The highest BCUT2D eigenvalue weighted by molar-refractivity contribution is 5.25. The lowest BCUT2D eigenvalue weighted by Gasteiger charge is -2.43. The predicted octanol–water partition coefficient (Wildman–Crippen LogP) is 2.84. The monoisotopic (exact) mass is 332 g/mol. The average Bonchev–Trinajstić information content (AvgIpc) is 2.60. The lowest BCUT2D eigenvalue weighted by atomic mass is 9.88. The Morgan fingerprint density at radius 1 is 1.00 bits per heavy atom. The number of phenolic OH excluding ortho intramolecular Hbond substituents is 1. The van der Waals surface area contributed by atoms with Crippen molar-refractivity contribution in [1.29, 1.82) is 0 Å². The van der Waals surface area contributed by atoms with Crippen molar-refractivity contribution >= 4 is 0 Å². The first-order valence-corrected chi connectivity index (χ1v) is 9.60. The number of aromatic hydroxyl groups is 1. The van der Waals surface area contributed by atoms with E-state index < -0.39 is 0 Å². The first-order valence-electron chi connectivity index (χ1n) is 9.60. The number of hydrogen-bond acceptors (Lipinski definition) is 4. The largest absolute Gasteiger partial charge is 0.508 e. The molecule has 24 heavy (non-hydrogen) atoms. The molecule has 2 fully saturated rings. The maximum Gasteiger partial charge on any atom is 0.115 e. The molecule has 0 radical (unpaired) electrons. The molecule has 0 amide bonds. The highest BCUT2D eigenvalue weighted by Crippen LogP contribution is 2.26. The van der Waals surface area contributed by atoms with E-state index >= 15 is 0 Å². The standard InChI is InChI=1S/C20H32N2O2/c23-13-10-19-16-21(14-18-6-8-20(24)9-7-18)11-12-22(19)15-17-4-2-1-3-5-17/h6-9,17,19,23-24H,1-5,10-16H2. The zero-order valence-corrected chi connectivity index (χ0v) is 14.7. The molecule has 1 aliphatic heterocycles. The molecular formula is C20H32N2O2. The van der Waals surface area contributed by atoms with Gasteiger partial charge in [0.25, 0.3) is 0 Å². The summed E-state index contributed by atoms with van der Waals surface area (Å²) in [5.74, 6) is 1.19. The number of rotatable bonds is 6. The summed E-state index contributed by atoms with van der Waals surface area (Å²) >= 11 is 0. The molecule has 0 bridgehead atoms. The summed E-state index contributed by atoms with van der Waals surface area (Å²) < 4.78 is 0. The smallest absolute Gasteiger partial charge is 0.115 e. The van der Waals surface area contributed by atoms with Crippen LogP contribution in [0.15, 0.2) is 24.3 Å². The Kier molecular flexibility index (Phi) is 6.52. The van der Waals surface area contributed by atoms with Gasteiger partial charge < -0.3 is 10.2 Å². The third-order valence-electron chi connectivity index (χ3n) is 5.71. The first kappa shape index (κ1) is 17.7. The van der Waals surface area contributed by atoms with Crippen LogP contribution in [0, 0.1) is 5.92 Å². The van der Waals surface area contributed by atoms with Gasteiger partial charge in [-0.1, -0.05) is 31.4 Å². The summed E-state index contributed by atoms with van der Waals surface area (Å²) in [6, 6.07) is 8.01. The number of nitrogens with zero attached hydrogens (tertiary/aromatic N) is 2. The molecule has 0 aromatic heterocycles. The number of piperazine rings is 1. The number of aliphatic hydroxyl groups is 1. The molecule has 1 atom stereocenters. The van der Waals surface area contributed by atoms with E-state index in [1.807, 2.05) is 12.1 Å².